The summed E-state index contributed by atoms with van der Waals surface area (Å²) >= 11 is 1.15. The van der Waals surface area contributed by atoms with E-state index in [4.69, 9.17) is 0 Å². The highest BCUT2D eigenvalue weighted by molar-refractivity contribution is 7.20. The summed E-state index contributed by atoms with van der Waals surface area (Å²) in [6, 6.07) is 8.87. The molecule has 0 spiro atoms. The zero-order valence-electron chi connectivity index (χ0n) is 12.4. The Morgan fingerprint density at radius 1 is 1.12 bits per heavy atom. The van der Waals surface area contributed by atoms with Crippen molar-refractivity contribution < 1.29 is 8.78 Å². The van der Waals surface area contributed by atoms with E-state index in [1.54, 1.807) is 12.1 Å². The summed E-state index contributed by atoms with van der Waals surface area (Å²) in [4.78, 5) is 17.4. The summed E-state index contributed by atoms with van der Waals surface area (Å²) in [7, 11) is 0. The number of fused-ring (bicyclic) bond motifs is 2. The van der Waals surface area contributed by atoms with E-state index in [1.807, 2.05) is 13.0 Å². The maximum absolute atomic E-state index is 13.3. The molecule has 4 rings (SSSR count). The molecule has 8 heteroatoms. The first-order valence-electron chi connectivity index (χ1n) is 7.03. The molecule has 0 unspecified atom stereocenters. The van der Waals surface area contributed by atoms with E-state index in [0.717, 1.165) is 29.0 Å². The standard InChI is InChI=1S/C16H10F2N4OS/c1-8-2-5-13-10(6-8)14(23)22-16(20-13)24-15(21-22)19-9-3-4-11(17)12(18)7-9/h2-7H,1H3,(H,19,21). The van der Waals surface area contributed by atoms with Crippen LogP contribution in [0.4, 0.5) is 19.6 Å². The molecule has 120 valence electrons. The van der Waals surface area contributed by atoms with Gasteiger partial charge in [-0.3, -0.25) is 4.79 Å². The van der Waals surface area contributed by atoms with Gasteiger partial charge in [0.1, 0.15) is 0 Å². The van der Waals surface area contributed by atoms with Crippen molar-refractivity contribution in [2.75, 3.05) is 5.32 Å². The van der Waals surface area contributed by atoms with Crippen LogP contribution in [0.1, 0.15) is 5.56 Å². The highest BCUT2D eigenvalue weighted by Crippen LogP contribution is 2.24. The summed E-state index contributed by atoms with van der Waals surface area (Å²) in [6.45, 7) is 1.89. The molecule has 0 saturated carbocycles. The Kier molecular flexibility index (Phi) is 3.27. The average Bonchev–Trinajstić information content (AvgIpc) is 2.95. The summed E-state index contributed by atoms with van der Waals surface area (Å²) in [5.41, 5.74) is 1.61. The fourth-order valence-electron chi connectivity index (χ4n) is 2.37. The molecule has 0 radical (unpaired) electrons. The minimum absolute atomic E-state index is 0.270. The maximum atomic E-state index is 13.3. The second kappa shape index (κ2) is 5.34. The summed E-state index contributed by atoms with van der Waals surface area (Å²) in [5, 5.41) is 7.87. The monoisotopic (exact) mass is 344 g/mol. The third-order valence-corrected chi connectivity index (χ3v) is 4.35. The Morgan fingerprint density at radius 3 is 2.75 bits per heavy atom. The van der Waals surface area contributed by atoms with Crippen LogP contribution in [0.15, 0.2) is 41.2 Å². The number of rotatable bonds is 2. The van der Waals surface area contributed by atoms with Gasteiger partial charge in [-0.15, -0.1) is 5.10 Å². The third-order valence-electron chi connectivity index (χ3n) is 3.52. The van der Waals surface area contributed by atoms with E-state index >= 15 is 0 Å². The van der Waals surface area contributed by atoms with Gasteiger partial charge in [0.25, 0.3) is 5.56 Å². The number of nitrogens with one attached hydrogen (secondary N) is 1. The van der Waals surface area contributed by atoms with Crippen LogP contribution in [0.5, 0.6) is 0 Å². The fourth-order valence-corrected chi connectivity index (χ4v) is 3.19. The minimum Gasteiger partial charge on any atom is -0.330 e. The zero-order chi connectivity index (χ0) is 16.8. The molecule has 0 amide bonds. The molecule has 0 bridgehead atoms. The Labute approximate surface area is 138 Å². The van der Waals surface area contributed by atoms with Gasteiger partial charge in [-0.1, -0.05) is 23.0 Å². The van der Waals surface area contributed by atoms with E-state index in [0.29, 0.717) is 26.7 Å². The molecule has 0 aliphatic heterocycles. The van der Waals surface area contributed by atoms with E-state index < -0.39 is 11.6 Å². The Morgan fingerprint density at radius 2 is 1.96 bits per heavy atom. The van der Waals surface area contributed by atoms with Gasteiger partial charge in [-0.25, -0.2) is 13.8 Å². The highest BCUT2D eigenvalue weighted by Gasteiger charge is 2.12. The van der Waals surface area contributed by atoms with Gasteiger partial charge in [0.15, 0.2) is 11.6 Å². The number of nitrogens with zero attached hydrogens (tertiary/aromatic N) is 3. The number of aromatic nitrogens is 3. The predicted molar refractivity (Wildman–Crippen MR) is 89.0 cm³/mol. The van der Waals surface area contributed by atoms with Crippen LogP contribution in [0.3, 0.4) is 0 Å². The molecule has 0 fully saturated rings. The molecule has 4 aromatic rings. The second-order valence-electron chi connectivity index (χ2n) is 5.29. The van der Waals surface area contributed by atoms with Crippen LogP contribution >= 0.6 is 11.3 Å². The average molecular weight is 344 g/mol. The van der Waals surface area contributed by atoms with Gasteiger partial charge >= 0.3 is 0 Å². The van der Waals surface area contributed by atoms with Crippen LogP contribution in [0.2, 0.25) is 0 Å². The Bertz CT molecular complexity index is 1150. The van der Waals surface area contributed by atoms with Crippen LogP contribution in [0, 0.1) is 18.6 Å². The van der Waals surface area contributed by atoms with E-state index in [1.165, 1.54) is 10.6 Å². The normalized spacial score (nSPS) is 11.3. The van der Waals surface area contributed by atoms with Crippen molar-refractivity contribution in [1.82, 2.24) is 14.6 Å². The number of hydrogen-bond donors (Lipinski definition) is 1. The van der Waals surface area contributed by atoms with Crippen LogP contribution in [-0.4, -0.2) is 14.6 Å². The Balaban J connectivity index is 1.83. The minimum atomic E-state index is -0.961. The van der Waals surface area contributed by atoms with E-state index in [9.17, 15) is 13.6 Å². The molecular formula is C16H10F2N4OS. The van der Waals surface area contributed by atoms with Crippen molar-refractivity contribution in [1.29, 1.82) is 0 Å². The van der Waals surface area contributed by atoms with Crippen molar-refractivity contribution in [3.05, 3.63) is 63.9 Å². The first-order chi connectivity index (χ1) is 11.5. The largest absolute Gasteiger partial charge is 0.330 e. The molecule has 1 N–H and O–H groups in total. The summed E-state index contributed by atoms with van der Waals surface area (Å²) < 4.78 is 27.5. The molecule has 5 nitrogen and oxygen atoms in total. The molecule has 0 atom stereocenters. The lowest BCUT2D eigenvalue weighted by Crippen LogP contribution is -2.15. The zero-order valence-corrected chi connectivity index (χ0v) is 13.2. The molecule has 24 heavy (non-hydrogen) atoms. The lowest BCUT2D eigenvalue weighted by atomic mass is 10.2. The van der Waals surface area contributed by atoms with Crippen molar-refractivity contribution in [3.63, 3.8) is 0 Å². The fraction of sp³-hybridized carbons (Fsp3) is 0.0625. The highest BCUT2D eigenvalue weighted by atomic mass is 32.1. The molecule has 0 aliphatic rings. The first-order valence-corrected chi connectivity index (χ1v) is 7.85. The quantitative estimate of drug-likeness (QED) is 0.603. The molecule has 2 aromatic carbocycles. The van der Waals surface area contributed by atoms with Crippen molar-refractivity contribution >= 4 is 38.0 Å². The number of anilines is 2. The van der Waals surface area contributed by atoms with Gasteiger partial charge in [0.2, 0.25) is 10.1 Å². The van der Waals surface area contributed by atoms with Crippen LogP contribution in [0.25, 0.3) is 15.9 Å². The van der Waals surface area contributed by atoms with E-state index in [-0.39, 0.29) is 5.56 Å². The molecule has 2 aromatic heterocycles. The topological polar surface area (TPSA) is 59.3 Å². The van der Waals surface area contributed by atoms with Crippen LogP contribution < -0.4 is 10.9 Å². The molecular weight excluding hydrogens is 334 g/mol. The molecule has 2 heterocycles. The number of halogens is 2. The Hall–Kier alpha value is -2.87. The lowest BCUT2D eigenvalue weighted by molar-refractivity contribution is 0.509. The van der Waals surface area contributed by atoms with Gasteiger partial charge in [-0.2, -0.15) is 4.52 Å². The number of benzene rings is 2. The van der Waals surface area contributed by atoms with Crippen molar-refractivity contribution in [2.45, 2.75) is 6.92 Å². The predicted octanol–water partition coefficient (Wildman–Crippen LogP) is 3.63. The SMILES string of the molecule is Cc1ccc2nc3sc(Nc4ccc(F)c(F)c4)nn3c(=O)c2c1. The third kappa shape index (κ3) is 2.41. The summed E-state index contributed by atoms with van der Waals surface area (Å²) in [6.07, 6.45) is 0. The van der Waals surface area contributed by atoms with Gasteiger partial charge < -0.3 is 5.32 Å². The second-order valence-corrected chi connectivity index (χ2v) is 6.25. The lowest BCUT2D eigenvalue weighted by Gasteiger charge is -2.01. The van der Waals surface area contributed by atoms with Crippen molar-refractivity contribution in [3.8, 4) is 0 Å². The van der Waals surface area contributed by atoms with Crippen molar-refractivity contribution in [2.24, 2.45) is 0 Å². The molecule has 0 saturated heterocycles. The van der Waals surface area contributed by atoms with Crippen LogP contribution in [-0.2, 0) is 0 Å². The van der Waals surface area contributed by atoms with Gasteiger partial charge in [0, 0.05) is 11.8 Å². The van der Waals surface area contributed by atoms with Gasteiger partial charge in [-0.05, 0) is 31.2 Å². The first kappa shape index (κ1) is 14.7. The van der Waals surface area contributed by atoms with E-state index in [2.05, 4.69) is 15.4 Å². The molecule has 0 aliphatic carbocycles. The number of hydrogen-bond acceptors (Lipinski definition) is 5. The summed E-state index contributed by atoms with van der Waals surface area (Å²) in [5.74, 6) is -1.89. The maximum Gasteiger partial charge on any atom is 0.283 e. The number of aryl methyl sites for hydroxylation is 1. The van der Waals surface area contributed by atoms with Gasteiger partial charge in [0.05, 0.1) is 10.9 Å². The smallest absolute Gasteiger partial charge is 0.283 e.